The Kier molecular flexibility index (Phi) is 10.8. The predicted molar refractivity (Wildman–Crippen MR) is 93.8 cm³/mol. The van der Waals surface area contributed by atoms with E-state index in [1.807, 2.05) is 0 Å². The molecule has 3 nitrogen and oxygen atoms in total. The summed E-state index contributed by atoms with van der Waals surface area (Å²) in [7, 11) is 0. The summed E-state index contributed by atoms with van der Waals surface area (Å²) in [6, 6.07) is -0.509. The minimum absolute atomic E-state index is 0.142. The predicted octanol–water partition coefficient (Wildman–Crippen LogP) is 4.07. The van der Waals surface area contributed by atoms with E-state index in [0.29, 0.717) is 0 Å². The van der Waals surface area contributed by atoms with Gasteiger partial charge < -0.3 is 15.9 Å². The molecule has 0 radical (unpaired) electrons. The van der Waals surface area contributed by atoms with Crippen molar-refractivity contribution in [1.82, 2.24) is 0 Å². The van der Waals surface area contributed by atoms with Gasteiger partial charge >= 0.3 is 0 Å². The zero-order valence-corrected chi connectivity index (χ0v) is 14.5. The third kappa shape index (κ3) is 8.30. The van der Waals surface area contributed by atoms with Gasteiger partial charge in [-0.1, -0.05) is 76.7 Å². The van der Waals surface area contributed by atoms with Crippen molar-refractivity contribution < 1.29 is 10.2 Å². The third-order valence-electron chi connectivity index (χ3n) is 4.79. The molecule has 0 amide bonds. The van der Waals surface area contributed by atoms with Crippen LogP contribution in [0, 0.1) is 0 Å². The lowest BCUT2D eigenvalue weighted by molar-refractivity contribution is 0.138. The fourth-order valence-electron chi connectivity index (χ4n) is 3.11. The van der Waals surface area contributed by atoms with E-state index in [0.717, 1.165) is 18.4 Å². The number of rotatable bonds is 15. The Hall–Kier alpha value is -0.380. The lowest BCUT2D eigenvalue weighted by atomic mass is 10.0. The van der Waals surface area contributed by atoms with Crippen molar-refractivity contribution in [3.63, 3.8) is 0 Å². The van der Waals surface area contributed by atoms with Crippen LogP contribution in [0.4, 0.5) is 0 Å². The maximum atomic E-state index is 9.86. The monoisotopic (exact) mass is 311 g/mol. The second-order valence-electron chi connectivity index (χ2n) is 6.88. The molecule has 1 aliphatic carbocycles. The molecule has 2 atom stereocenters. The number of aliphatic hydroxyl groups is 2. The van der Waals surface area contributed by atoms with Gasteiger partial charge in [0.05, 0.1) is 18.8 Å². The van der Waals surface area contributed by atoms with Crippen molar-refractivity contribution in [1.29, 1.82) is 0 Å². The quantitative estimate of drug-likeness (QED) is 0.315. The Morgan fingerprint density at radius 1 is 0.909 bits per heavy atom. The van der Waals surface area contributed by atoms with Crippen LogP contribution in [-0.4, -0.2) is 29.0 Å². The summed E-state index contributed by atoms with van der Waals surface area (Å²) in [5.74, 6) is 0. The lowest BCUT2D eigenvalue weighted by Crippen LogP contribution is -2.37. The van der Waals surface area contributed by atoms with E-state index < -0.39 is 12.1 Å². The second-order valence-corrected chi connectivity index (χ2v) is 6.88. The minimum atomic E-state index is -0.618. The largest absolute Gasteiger partial charge is 0.395 e. The van der Waals surface area contributed by atoms with Gasteiger partial charge in [-0.2, -0.15) is 0 Å². The van der Waals surface area contributed by atoms with Crippen molar-refractivity contribution in [2.75, 3.05) is 6.61 Å². The van der Waals surface area contributed by atoms with Gasteiger partial charge in [-0.3, -0.25) is 0 Å². The first-order valence-electron chi connectivity index (χ1n) is 9.46. The Morgan fingerprint density at radius 3 is 1.91 bits per heavy atom. The highest BCUT2D eigenvalue weighted by Crippen LogP contribution is 2.38. The molecule has 0 aromatic rings. The van der Waals surface area contributed by atoms with Crippen LogP contribution >= 0.6 is 0 Å². The maximum absolute atomic E-state index is 9.86. The van der Waals surface area contributed by atoms with Crippen LogP contribution in [0.25, 0.3) is 0 Å². The molecule has 0 aromatic heterocycles. The summed E-state index contributed by atoms with van der Waals surface area (Å²) in [4.78, 5) is 0. The number of nitrogens with two attached hydrogens (primary N) is 1. The summed E-state index contributed by atoms with van der Waals surface area (Å²) >= 11 is 0. The van der Waals surface area contributed by atoms with Gasteiger partial charge in [-0.25, -0.2) is 0 Å². The minimum Gasteiger partial charge on any atom is -0.395 e. The molecule has 1 aliphatic rings. The first-order valence-corrected chi connectivity index (χ1v) is 9.46. The van der Waals surface area contributed by atoms with Crippen LogP contribution in [0.5, 0.6) is 0 Å². The normalized spacial score (nSPS) is 16.9. The number of hydrogen-bond acceptors (Lipinski definition) is 3. The lowest BCUT2D eigenvalue weighted by Gasteiger charge is -2.12. The Labute approximate surface area is 137 Å². The highest BCUT2D eigenvalue weighted by molar-refractivity contribution is 5.38. The Balaban J connectivity index is 1.88. The van der Waals surface area contributed by atoms with Crippen molar-refractivity contribution in [3.8, 4) is 0 Å². The number of hydrogen-bond donors (Lipinski definition) is 3. The highest BCUT2D eigenvalue weighted by atomic mass is 16.3. The maximum Gasteiger partial charge on any atom is 0.0929 e. The molecular weight excluding hydrogens is 274 g/mol. The van der Waals surface area contributed by atoms with Crippen LogP contribution in [0.15, 0.2) is 11.1 Å². The van der Waals surface area contributed by atoms with Crippen LogP contribution in [0.3, 0.4) is 0 Å². The molecule has 130 valence electrons. The number of unbranched alkanes of at least 4 members (excludes halogenated alkanes) is 10. The van der Waals surface area contributed by atoms with E-state index in [2.05, 4.69) is 6.92 Å². The topological polar surface area (TPSA) is 66.5 Å². The van der Waals surface area contributed by atoms with Crippen molar-refractivity contribution in [3.05, 3.63) is 11.1 Å². The SMILES string of the molecule is CCCCCCCCCCCCCC1=C([C@H](O)[C@H](N)CO)C1. The molecule has 0 saturated carbocycles. The van der Waals surface area contributed by atoms with Crippen LogP contribution in [0.1, 0.15) is 90.4 Å². The molecule has 3 heteroatoms. The van der Waals surface area contributed by atoms with Gasteiger partial charge in [0.15, 0.2) is 0 Å². The summed E-state index contributed by atoms with van der Waals surface area (Å²) in [5, 5.41) is 18.8. The van der Waals surface area contributed by atoms with Gasteiger partial charge in [0.1, 0.15) is 0 Å². The molecule has 0 bridgehead atoms. The van der Waals surface area contributed by atoms with E-state index in [9.17, 15) is 5.11 Å². The third-order valence-corrected chi connectivity index (χ3v) is 4.79. The molecule has 0 aromatic carbocycles. The molecule has 0 aliphatic heterocycles. The van der Waals surface area contributed by atoms with Crippen LogP contribution in [-0.2, 0) is 0 Å². The van der Waals surface area contributed by atoms with E-state index in [-0.39, 0.29) is 6.61 Å². The standard InChI is InChI=1S/C19H37NO2/c1-2-3-4-5-6-7-8-9-10-11-12-13-16-14-17(16)19(22)18(20)15-21/h18-19,21-22H,2-15,20H2,1H3/t18-,19+/m1/s1. The first kappa shape index (κ1) is 19.7. The molecule has 22 heavy (non-hydrogen) atoms. The Morgan fingerprint density at radius 2 is 1.41 bits per heavy atom. The van der Waals surface area contributed by atoms with E-state index >= 15 is 0 Å². The van der Waals surface area contributed by atoms with Crippen molar-refractivity contribution in [2.24, 2.45) is 5.73 Å². The van der Waals surface area contributed by atoms with E-state index in [1.165, 1.54) is 76.2 Å². The van der Waals surface area contributed by atoms with Gasteiger partial charge in [-0.15, -0.1) is 0 Å². The average Bonchev–Trinajstić information content (AvgIpc) is 3.30. The van der Waals surface area contributed by atoms with Crippen molar-refractivity contribution >= 4 is 0 Å². The molecule has 0 spiro atoms. The molecule has 0 fully saturated rings. The smallest absolute Gasteiger partial charge is 0.0929 e. The van der Waals surface area contributed by atoms with Gasteiger partial charge in [-0.05, 0) is 24.8 Å². The van der Waals surface area contributed by atoms with Crippen molar-refractivity contribution in [2.45, 2.75) is 103 Å². The second kappa shape index (κ2) is 12.1. The van der Waals surface area contributed by atoms with Crippen LogP contribution in [0.2, 0.25) is 0 Å². The summed E-state index contributed by atoms with van der Waals surface area (Å²) < 4.78 is 0. The molecule has 1 rings (SSSR count). The van der Waals surface area contributed by atoms with E-state index in [1.54, 1.807) is 0 Å². The fraction of sp³-hybridized carbons (Fsp3) is 0.895. The Bertz CT molecular complexity index is 315. The summed E-state index contributed by atoms with van der Waals surface area (Å²) in [6.07, 6.45) is 16.5. The zero-order valence-electron chi connectivity index (χ0n) is 14.5. The van der Waals surface area contributed by atoms with Gasteiger partial charge in [0, 0.05) is 0 Å². The number of allylic oxidation sites excluding steroid dienone is 1. The van der Waals surface area contributed by atoms with Gasteiger partial charge in [0.25, 0.3) is 0 Å². The molecule has 0 unspecified atom stereocenters. The summed E-state index contributed by atoms with van der Waals surface area (Å²) in [5.41, 5.74) is 8.12. The average molecular weight is 312 g/mol. The molecule has 0 saturated heterocycles. The molecule has 0 heterocycles. The molecular formula is C19H37NO2. The highest BCUT2D eigenvalue weighted by Gasteiger charge is 2.30. The molecule has 4 N–H and O–H groups in total. The summed E-state index contributed by atoms with van der Waals surface area (Å²) in [6.45, 7) is 2.12. The van der Waals surface area contributed by atoms with E-state index in [4.69, 9.17) is 10.8 Å². The number of aliphatic hydroxyl groups excluding tert-OH is 2. The fourth-order valence-corrected chi connectivity index (χ4v) is 3.11. The zero-order chi connectivity index (χ0) is 16.2. The van der Waals surface area contributed by atoms with Crippen LogP contribution < -0.4 is 5.73 Å². The first-order chi connectivity index (χ1) is 10.7. The van der Waals surface area contributed by atoms with Gasteiger partial charge in [0.2, 0.25) is 0 Å².